The molecule has 0 amide bonds. The Morgan fingerprint density at radius 1 is 1.32 bits per heavy atom. The van der Waals surface area contributed by atoms with Gasteiger partial charge in [0.05, 0.1) is 0 Å². The van der Waals surface area contributed by atoms with Crippen LogP contribution in [0.15, 0.2) is 24.3 Å². The molecule has 0 aromatic heterocycles. The number of benzene rings is 1. The van der Waals surface area contributed by atoms with Crippen LogP contribution in [-0.4, -0.2) is 12.1 Å². The first-order chi connectivity index (χ1) is 9.11. The van der Waals surface area contributed by atoms with Crippen LogP contribution in [0.1, 0.15) is 45.6 Å². The van der Waals surface area contributed by atoms with Gasteiger partial charge in [-0.25, -0.2) is 4.39 Å². The molecule has 106 valence electrons. The summed E-state index contributed by atoms with van der Waals surface area (Å²) >= 11 is 0. The van der Waals surface area contributed by atoms with Crippen molar-refractivity contribution in [3.8, 4) is 0 Å². The lowest BCUT2D eigenvalue weighted by atomic mass is 9.93. The molecule has 19 heavy (non-hydrogen) atoms. The maximum Gasteiger partial charge on any atom is 0.126 e. The average Bonchev–Trinajstić information content (AvgIpc) is 2.73. The van der Waals surface area contributed by atoms with Crippen LogP contribution in [0.3, 0.4) is 0 Å². The van der Waals surface area contributed by atoms with Crippen molar-refractivity contribution in [2.24, 2.45) is 11.8 Å². The van der Waals surface area contributed by atoms with E-state index in [-0.39, 0.29) is 5.82 Å². The topological polar surface area (TPSA) is 12.0 Å². The Labute approximate surface area is 116 Å². The number of hydrogen-bond acceptors (Lipinski definition) is 1. The second kappa shape index (κ2) is 6.51. The summed E-state index contributed by atoms with van der Waals surface area (Å²) in [6.07, 6.45) is 4.65. The maximum absolute atomic E-state index is 13.6. The van der Waals surface area contributed by atoms with Gasteiger partial charge in [0.15, 0.2) is 0 Å². The molecule has 1 aromatic rings. The second-order valence-electron chi connectivity index (χ2n) is 6.07. The maximum atomic E-state index is 13.6. The van der Waals surface area contributed by atoms with Crippen molar-refractivity contribution in [1.29, 1.82) is 0 Å². The lowest BCUT2D eigenvalue weighted by Gasteiger charge is -2.25. The Morgan fingerprint density at radius 3 is 2.68 bits per heavy atom. The molecule has 4 atom stereocenters. The summed E-state index contributed by atoms with van der Waals surface area (Å²) in [5.41, 5.74) is 0.820. The number of nitrogens with one attached hydrogen (secondary N) is 1. The number of halogens is 1. The summed E-state index contributed by atoms with van der Waals surface area (Å²) in [7, 11) is 0. The molecular formula is C17H26FN. The monoisotopic (exact) mass is 263 g/mol. The fourth-order valence-electron chi connectivity index (χ4n) is 3.48. The minimum absolute atomic E-state index is 0.0814. The smallest absolute Gasteiger partial charge is 0.126 e. The van der Waals surface area contributed by atoms with Gasteiger partial charge in [-0.2, -0.15) is 0 Å². The Bertz CT molecular complexity index is 404. The quantitative estimate of drug-likeness (QED) is 0.840. The Morgan fingerprint density at radius 2 is 2.05 bits per heavy atom. The van der Waals surface area contributed by atoms with Gasteiger partial charge >= 0.3 is 0 Å². The molecule has 0 aliphatic heterocycles. The van der Waals surface area contributed by atoms with E-state index in [9.17, 15) is 4.39 Å². The zero-order valence-electron chi connectivity index (χ0n) is 12.3. The third-order valence-corrected chi connectivity index (χ3v) is 4.73. The lowest BCUT2D eigenvalue weighted by molar-refractivity contribution is 0.324. The molecule has 1 aromatic carbocycles. The molecule has 1 fully saturated rings. The zero-order chi connectivity index (χ0) is 13.8. The third kappa shape index (κ3) is 3.56. The fourth-order valence-corrected chi connectivity index (χ4v) is 3.48. The molecule has 0 bridgehead atoms. The first-order valence-corrected chi connectivity index (χ1v) is 7.61. The van der Waals surface area contributed by atoms with E-state index in [4.69, 9.17) is 0 Å². The van der Waals surface area contributed by atoms with Crippen molar-refractivity contribution in [2.75, 3.05) is 0 Å². The van der Waals surface area contributed by atoms with Gasteiger partial charge < -0.3 is 5.32 Å². The van der Waals surface area contributed by atoms with Crippen LogP contribution in [0.2, 0.25) is 0 Å². The van der Waals surface area contributed by atoms with Crippen LogP contribution < -0.4 is 5.32 Å². The Kier molecular flexibility index (Phi) is 4.98. The molecule has 0 spiro atoms. The van der Waals surface area contributed by atoms with Gasteiger partial charge in [0, 0.05) is 12.1 Å². The molecule has 1 N–H and O–H groups in total. The highest BCUT2D eigenvalue weighted by molar-refractivity contribution is 5.18. The molecule has 4 unspecified atom stereocenters. The Balaban J connectivity index is 1.88. The summed E-state index contributed by atoms with van der Waals surface area (Å²) < 4.78 is 13.6. The predicted molar refractivity (Wildman–Crippen MR) is 78.7 cm³/mol. The van der Waals surface area contributed by atoms with E-state index in [0.29, 0.717) is 12.1 Å². The van der Waals surface area contributed by atoms with Crippen LogP contribution >= 0.6 is 0 Å². The summed E-state index contributed by atoms with van der Waals surface area (Å²) in [6.45, 7) is 6.80. The van der Waals surface area contributed by atoms with Crippen LogP contribution in [0.4, 0.5) is 4.39 Å². The third-order valence-electron chi connectivity index (χ3n) is 4.73. The van der Waals surface area contributed by atoms with Crippen LogP contribution in [0.25, 0.3) is 0 Å². The van der Waals surface area contributed by atoms with Gasteiger partial charge in [-0.3, -0.25) is 0 Å². The van der Waals surface area contributed by atoms with Crippen molar-refractivity contribution < 1.29 is 4.39 Å². The van der Waals surface area contributed by atoms with Gasteiger partial charge in [-0.1, -0.05) is 38.5 Å². The molecule has 0 radical (unpaired) electrons. The number of hydrogen-bond donors (Lipinski definition) is 1. The first kappa shape index (κ1) is 14.5. The average molecular weight is 263 g/mol. The van der Waals surface area contributed by atoms with Crippen molar-refractivity contribution >= 4 is 0 Å². The van der Waals surface area contributed by atoms with Crippen LogP contribution in [0, 0.1) is 17.7 Å². The van der Waals surface area contributed by atoms with Crippen molar-refractivity contribution in [3.05, 3.63) is 35.6 Å². The van der Waals surface area contributed by atoms with Gasteiger partial charge in [0.2, 0.25) is 0 Å². The summed E-state index contributed by atoms with van der Waals surface area (Å²) in [6, 6.07) is 8.04. The molecule has 0 saturated heterocycles. The Hall–Kier alpha value is -0.890. The van der Waals surface area contributed by atoms with Gasteiger partial charge in [-0.15, -0.1) is 0 Å². The van der Waals surface area contributed by atoms with Crippen molar-refractivity contribution in [2.45, 2.75) is 58.5 Å². The largest absolute Gasteiger partial charge is 0.311 e. The minimum atomic E-state index is -0.0814. The molecule has 2 heteroatoms. The molecule has 1 aliphatic carbocycles. The van der Waals surface area contributed by atoms with E-state index in [1.165, 1.54) is 19.3 Å². The normalized spacial score (nSPS) is 28.5. The molecule has 0 heterocycles. The van der Waals surface area contributed by atoms with E-state index in [1.54, 1.807) is 12.1 Å². The molecule has 1 nitrogen and oxygen atoms in total. The van der Waals surface area contributed by atoms with Crippen molar-refractivity contribution in [3.63, 3.8) is 0 Å². The van der Waals surface area contributed by atoms with Crippen molar-refractivity contribution in [1.82, 2.24) is 5.32 Å². The highest BCUT2D eigenvalue weighted by Gasteiger charge is 2.31. The summed E-state index contributed by atoms with van der Waals surface area (Å²) in [5, 5.41) is 3.70. The molecule has 1 aliphatic rings. The molecular weight excluding hydrogens is 237 g/mol. The van der Waals surface area contributed by atoms with Gasteiger partial charge in [-0.05, 0) is 49.7 Å². The highest BCUT2D eigenvalue weighted by Crippen LogP contribution is 2.34. The summed E-state index contributed by atoms with van der Waals surface area (Å²) in [4.78, 5) is 0. The van der Waals surface area contributed by atoms with E-state index < -0.39 is 0 Å². The van der Waals surface area contributed by atoms with Gasteiger partial charge in [0.25, 0.3) is 0 Å². The van der Waals surface area contributed by atoms with E-state index in [1.807, 2.05) is 12.1 Å². The van der Waals surface area contributed by atoms with Crippen LogP contribution in [-0.2, 0) is 6.42 Å². The van der Waals surface area contributed by atoms with E-state index >= 15 is 0 Å². The summed E-state index contributed by atoms with van der Waals surface area (Å²) in [5.74, 6) is 1.52. The zero-order valence-corrected chi connectivity index (χ0v) is 12.3. The van der Waals surface area contributed by atoms with E-state index in [0.717, 1.165) is 23.8 Å². The second-order valence-corrected chi connectivity index (χ2v) is 6.07. The standard InChI is InChI=1S/C17H26FN/c1-4-14-9-10-17(13(14)3)19-12(2)11-15-7-5-6-8-16(15)18/h5-8,12-14,17,19H,4,9-11H2,1-3H3. The molecule has 2 rings (SSSR count). The van der Waals surface area contributed by atoms with Crippen LogP contribution in [0.5, 0.6) is 0 Å². The molecule has 1 saturated carbocycles. The SMILES string of the molecule is CCC1CCC(NC(C)Cc2ccccc2F)C1C. The lowest BCUT2D eigenvalue weighted by Crippen LogP contribution is -2.40. The van der Waals surface area contributed by atoms with Gasteiger partial charge in [0.1, 0.15) is 5.82 Å². The highest BCUT2D eigenvalue weighted by atomic mass is 19.1. The predicted octanol–water partition coefficient (Wildman–Crippen LogP) is 4.17. The van der Waals surface area contributed by atoms with E-state index in [2.05, 4.69) is 26.1 Å². The first-order valence-electron chi connectivity index (χ1n) is 7.61. The number of rotatable bonds is 5. The fraction of sp³-hybridized carbons (Fsp3) is 0.647. The minimum Gasteiger partial charge on any atom is -0.311 e.